The molecule has 0 aliphatic carbocycles. The molecular formula is C17H15Cl2N3O3S. The van der Waals surface area contributed by atoms with Crippen LogP contribution in [-0.4, -0.2) is 23.5 Å². The maximum absolute atomic E-state index is 11.9. The lowest BCUT2D eigenvalue weighted by atomic mass is 10.2. The third-order valence-electron chi connectivity index (χ3n) is 3.15. The quantitative estimate of drug-likeness (QED) is 0.532. The lowest BCUT2D eigenvalue weighted by molar-refractivity contribution is -0.121. The van der Waals surface area contributed by atoms with Crippen LogP contribution in [0.3, 0.4) is 0 Å². The Morgan fingerprint density at radius 1 is 1.08 bits per heavy atom. The van der Waals surface area contributed by atoms with Crippen molar-refractivity contribution in [3.63, 3.8) is 0 Å². The van der Waals surface area contributed by atoms with Crippen LogP contribution < -0.4 is 20.9 Å². The number of hydrogen-bond donors (Lipinski definition) is 3. The van der Waals surface area contributed by atoms with Crippen LogP contribution >= 0.6 is 35.4 Å². The average Bonchev–Trinajstić information content (AvgIpc) is 2.61. The number of halogens is 2. The summed E-state index contributed by atoms with van der Waals surface area (Å²) in [5.41, 5.74) is 6.03. The number of hydrogen-bond acceptors (Lipinski definition) is 4. The van der Waals surface area contributed by atoms with E-state index in [1.807, 2.05) is 6.92 Å². The molecule has 2 amide bonds. The van der Waals surface area contributed by atoms with Crippen LogP contribution in [0.15, 0.2) is 42.5 Å². The Kier molecular flexibility index (Phi) is 7.20. The highest BCUT2D eigenvalue weighted by atomic mass is 35.5. The molecule has 2 aromatic rings. The Bertz CT molecular complexity index is 829. The first-order valence-corrected chi connectivity index (χ1v) is 8.56. The second-order valence-corrected chi connectivity index (χ2v) is 6.41. The predicted molar refractivity (Wildman–Crippen MR) is 104 cm³/mol. The number of hydrazine groups is 1. The van der Waals surface area contributed by atoms with E-state index in [9.17, 15) is 9.59 Å². The Morgan fingerprint density at radius 3 is 2.42 bits per heavy atom. The van der Waals surface area contributed by atoms with E-state index in [0.29, 0.717) is 21.4 Å². The summed E-state index contributed by atoms with van der Waals surface area (Å²) in [5, 5.41) is 3.46. The number of carbonyl (C=O) groups excluding carboxylic acids is 2. The Labute approximate surface area is 165 Å². The maximum atomic E-state index is 11.9. The highest BCUT2D eigenvalue weighted by Gasteiger charge is 2.09. The van der Waals surface area contributed by atoms with Crippen LogP contribution in [0.2, 0.25) is 10.0 Å². The van der Waals surface area contributed by atoms with Gasteiger partial charge in [-0.2, -0.15) is 0 Å². The summed E-state index contributed by atoms with van der Waals surface area (Å²) < 4.78 is 5.35. The number of rotatable bonds is 4. The van der Waals surface area contributed by atoms with Gasteiger partial charge < -0.3 is 4.74 Å². The molecule has 2 aromatic carbocycles. The predicted octanol–water partition coefficient (Wildman–Crippen LogP) is 3.02. The van der Waals surface area contributed by atoms with E-state index in [2.05, 4.69) is 16.2 Å². The van der Waals surface area contributed by atoms with Gasteiger partial charge >= 0.3 is 0 Å². The molecule has 0 atom stereocenters. The maximum Gasteiger partial charge on any atom is 0.269 e. The molecule has 9 heteroatoms. The summed E-state index contributed by atoms with van der Waals surface area (Å²) in [5.74, 6) is -0.390. The largest absolute Gasteiger partial charge is 0.484 e. The Hall–Kier alpha value is -2.35. The van der Waals surface area contributed by atoms with Crippen molar-refractivity contribution in [2.24, 2.45) is 0 Å². The minimum Gasteiger partial charge on any atom is -0.484 e. The second kappa shape index (κ2) is 9.38. The minimum absolute atomic E-state index is 0.0619. The topological polar surface area (TPSA) is 79.5 Å². The minimum atomic E-state index is -0.476. The van der Waals surface area contributed by atoms with Gasteiger partial charge in [0.15, 0.2) is 11.7 Å². The molecule has 0 heterocycles. The van der Waals surface area contributed by atoms with Gasteiger partial charge in [-0.15, -0.1) is 0 Å². The fourth-order valence-corrected chi connectivity index (χ4v) is 2.25. The number of ether oxygens (including phenoxy) is 1. The molecule has 0 aliphatic heterocycles. The van der Waals surface area contributed by atoms with Crippen molar-refractivity contribution in [2.45, 2.75) is 6.92 Å². The van der Waals surface area contributed by atoms with Crippen LogP contribution in [0.25, 0.3) is 0 Å². The van der Waals surface area contributed by atoms with E-state index in [1.54, 1.807) is 42.5 Å². The van der Waals surface area contributed by atoms with Crippen molar-refractivity contribution in [1.82, 2.24) is 16.2 Å². The molecule has 0 aliphatic rings. The molecule has 0 spiro atoms. The second-order valence-electron chi connectivity index (χ2n) is 5.16. The third kappa shape index (κ3) is 6.18. The Morgan fingerprint density at radius 2 is 1.77 bits per heavy atom. The third-order valence-corrected chi connectivity index (χ3v) is 4.03. The number of thiocarbonyl (C=S) groups is 1. The van der Waals surface area contributed by atoms with E-state index < -0.39 is 11.8 Å². The normalized spacial score (nSPS) is 9.96. The van der Waals surface area contributed by atoms with Crippen molar-refractivity contribution in [2.75, 3.05) is 6.61 Å². The van der Waals surface area contributed by atoms with Crippen molar-refractivity contribution >= 4 is 52.3 Å². The average molecular weight is 412 g/mol. The summed E-state index contributed by atoms with van der Waals surface area (Å²) >= 11 is 16.6. The number of nitrogens with one attached hydrogen (secondary N) is 3. The molecule has 3 N–H and O–H groups in total. The fraction of sp³-hybridized carbons (Fsp3) is 0.118. The van der Waals surface area contributed by atoms with Crippen LogP contribution in [0, 0.1) is 6.92 Å². The summed E-state index contributed by atoms with van der Waals surface area (Å²) in [6.45, 7) is 1.59. The van der Waals surface area contributed by atoms with Crippen molar-refractivity contribution in [3.8, 4) is 5.75 Å². The van der Waals surface area contributed by atoms with Crippen molar-refractivity contribution in [3.05, 3.63) is 63.6 Å². The molecule has 0 unspecified atom stereocenters. The van der Waals surface area contributed by atoms with Gasteiger partial charge in [-0.1, -0.05) is 23.2 Å². The molecular weight excluding hydrogens is 397 g/mol. The zero-order chi connectivity index (χ0) is 19.1. The summed E-state index contributed by atoms with van der Waals surface area (Å²) in [6.07, 6.45) is 0. The lowest BCUT2D eigenvalue weighted by Crippen LogP contribution is -2.49. The van der Waals surface area contributed by atoms with Crippen molar-refractivity contribution in [1.29, 1.82) is 0 Å². The first kappa shape index (κ1) is 20.0. The monoisotopic (exact) mass is 411 g/mol. The van der Waals surface area contributed by atoms with E-state index in [-0.39, 0.29) is 11.7 Å². The number of carbonyl (C=O) groups is 2. The highest BCUT2D eigenvalue weighted by molar-refractivity contribution is 7.80. The van der Waals surface area contributed by atoms with Gasteiger partial charge in [-0.3, -0.25) is 25.8 Å². The smallest absolute Gasteiger partial charge is 0.269 e. The summed E-state index contributed by atoms with van der Waals surface area (Å²) in [7, 11) is 0. The lowest BCUT2D eigenvalue weighted by Gasteiger charge is -2.11. The van der Waals surface area contributed by atoms with E-state index in [4.69, 9.17) is 40.2 Å². The molecule has 6 nitrogen and oxygen atoms in total. The molecule has 0 aromatic heterocycles. The standard InChI is InChI=1S/C17H15Cl2N3O3S/c1-10-8-13(6-7-14(10)19)25-9-15(23)20-17(26)22-21-16(24)11-2-4-12(18)5-3-11/h2-8H,9H2,1H3,(H,21,24)(H2,20,22,23,26). The molecule has 0 bridgehead atoms. The van der Waals surface area contributed by atoms with Crippen LogP contribution in [0.1, 0.15) is 15.9 Å². The molecule has 136 valence electrons. The molecule has 0 radical (unpaired) electrons. The molecule has 0 fully saturated rings. The molecule has 26 heavy (non-hydrogen) atoms. The van der Waals surface area contributed by atoms with E-state index >= 15 is 0 Å². The number of benzene rings is 2. The van der Waals surface area contributed by atoms with Crippen LogP contribution in [-0.2, 0) is 4.79 Å². The van der Waals surface area contributed by atoms with Gasteiger partial charge in [0.2, 0.25) is 0 Å². The first-order valence-electron chi connectivity index (χ1n) is 7.40. The summed E-state index contributed by atoms with van der Waals surface area (Å²) in [6, 6.07) is 11.4. The highest BCUT2D eigenvalue weighted by Crippen LogP contribution is 2.20. The van der Waals surface area contributed by atoms with Crippen LogP contribution in [0.4, 0.5) is 0 Å². The fourth-order valence-electron chi connectivity index (χ4n) is 1.84. The van der Waals surface area contributed by atoms with Gasteiger partial charge in [0.25, 0.3) is 11.8 Å². The number of amides is 2. The van der Waals surface area contributed by atoms with Gasteiger partial charge in [-0.25, -0.2) is 0 Å². The molecule has 0 saturated carbocycles. The SMILES string of the molecule is Cc1cc(OCC(=O)NC(=S)NNC(=O)c2ccc(Cl)cc2)ccc1Cl. The zero-order valence-electron chi connectivity index (χ0n) is 13.6. The van der Waals surface area contributed by atoms with Gasteiger partial charge in [-0.05, 0) is 67.2 Å². The first-order chi connectivity index (χ1) is 12.3. The molecule has 2 rings (SSSR count). The number of aryl methyl sites for hydroxylation is 1. The van der Waals surface area contributed by atoms with Crippen LogP contribution in [0.5, 0.6) is 5.75 Å². The van der Waals surface area contributed by atoms with Gasteiger partial charge in [0.05, 0.1) is 0 Å². The zero-order valence-corrected chi connectivity index (χ0v) is 16.0. The molecule has 0 saturated heterocycles. The van der Waals surface area contributed by atoms with E-state index in [0.717, 1.165) is 5.56 Å². The Balaban J connectivity index is 1.74. The summed E-state index contributed by atoms with van der Waals surface area (Å²) in [4.78, 5) is 23.7. The van der Waals surface area contributed by atoms with Gasteiger partial charge in [0, 0.05) is 15.6 Å². The van der Waals surface area contributed by atoms with E-state index in [1.165, 1.54) is 0 Å². The van der Waals surface area contributed by atoms with Crippen molar-refractivity contribution < 1.29 is 14.3 Å². The van der Waals surface area contributed by atoms with Gasteiger partial charge in [0.1, 0.15) is 5.75 Å².